The fourth-order valence-corrected chi connectivity index (χ4v) is 5.07. The predicted molar refractivity (Wildman–Crippen MR) is 151 cm³/mol. The van der Waals surface area contributed by atoms with E-state index in [1.54, 1.807) is 12.1 Å². The summed E-state index contributed by atoms with van der Waals surface area (Å²) in [5.41, 5.74) is 4.42. The molecule has 0 amide bonds. The van der Waals surface area contributed by atoms with E-state index in [1.165, 1.54) is 43.2 Å². The number of alkyl halides is 2. The highest BCUT2D eigenvalue weighted by Crippen LogP contribution is 2.27. The minimum Gasteiger partial charge on any atom is -0.429 e. The maximum Gasteiger partial charge on any atom is 0.387 e. The van der Waals surface area contributed by atoms with Crippen molar-refractivity contribution in [2.45, 2.75) is 77.7 Å². The molecule has 0 spiro atoms. The van der Waals surface area contributed by atoms with Crippen molar-refractivity contribution in [2.75, 3.05) is 0 Å². The van der Waals surface area contributed by atoms with Crippen LogP contribution in [0.4, 0.5) is 22.0 Å². The lowest BCUT2D eigenvalue weighted by Gasteiger charge is -2.11. The second-order valence-electron chi connectivity index (χ2n) is 10.3. The summed E-state index contributed by atoms with van der Waals surface area (Å²) < 4.78 is 71.9. The molecule has 0 N–H and O–H groups in total. The van der Waals surface area contributed by atoms with E-state index >= 15 is 4.39 Å². The van der Waals surface area contributed by atoms with Crippen molar-refractivity contribution in [1.29, 1.82) is 0 Å². The van der Waals surface area contributed by atoms with E-state index in [0.717, 1.165) is 42.3 Å². The van der Waals surface area contributed by atoms with Crippen LogP contribution in [0, 0.1) is 17.5 Å². The first-order chi connectivity index (χ1) is 19.3. The van der Waals surface area contributed by atoms with Crippen LogP contribution in [-0.2, 0) is 32.1 Å². The SMILES string of the molecule is CCCCCCCc1ccc(CCc2ccc3c(F)c(CCc4cc(F)c(OC(F)F)c(F)c4)ccc3c2)cc1. The van der Waals surface area contributed by atoms with Crippen LogP contribution in [0.3, 0.4) is 0 Å². The number of hydrogen-bond acceptors (Lipinski definition) is 1. The third kappa shape index (κ3) is 8.06. The summed E-state index contributed by atoms with van der Waals surface area (Å²) in [7, 11) is 0. The highest BCUT2D eigenvalue weighted by molar-refractivity contribution is 5.84. The van der Waals surface area contributed by atoms with Crippen molar-refractivity contribution < 1.29 is 26.7 Å². The molecule has 0 atom stereocenters. The van der Waals surface area contributed by atoms with Crippen LogP contribution in [0.1, 0.15) is 66.8 Å². The first-order valence-corrected chi connectivity index (χ1v) is 14.0. The number of aryl methyl sites for hydroxylation is 5. The molecule has 6 heteroatoms. The van der Waals surface area contributed by atoms with Gasteiger partial charge in [0.05, 0.1) is 0 Å². The van der Waals surface area contributed by atoms with Crippen LogP contribution in [0.5, 0.6) is 5.75 Å². The number of hydrogen-bond donors (Lipinski definition) is 0. The molecule has 1 nitrogen and oxygen atoms in total. The minimum absolute atomic E-state index is 0.140. The Morgan fingerprint density at radius 2 is 1.20 bits per heavy atom. The Balaban J connectivity index is 1.34. The van der Waals surface area contributed by atoms with Gasteiger partial charge in [0.15, 0.2) is 17.4 Å². The minimum atomic E-state index is -3.33. The average molecular weight is 555 g/mol. The number of rotatable bonds is 14. The summed E-state index contributed by atoms with van der Waals surface area (Å²) in [6.45, 7) is -1.10. The first-order valence-electron chi connectivity index (χ1n) is 14.0. The van der Waals surface area contributed by atoms with Crippen LogP contribution in [0.25, 0.3) is 10.8 Å². The molecule has 0 aliphatic rings. The lowest BCUT2D eigenvalue weighted by Crippen LogP contribution is -2.06. The second-order valence-corrected chi connectivity index (χ2v) is 10.3. The van der Waals surface area contributed by atoms with Crippen LogP contribution < -0.4 is 4.74 Å². The Morgan fingerprint density at radius 1 is 0.600 bits per heavy atom. The van der Waals surface area contributed by atoms with Crippen LogP contribution >= 0.6 is 0 Å². The van der Waals surface area contributed by atoms with E-state index in [4.69, 9.17) is 0 Å². The van der Waals surface area contributed by atoms with Gasteiger partial charge in [0.1, 0.15) is 5.82 Å². The molecule has 0 aliphatic heterocycles. The van der Waals surface area contributed by atoms with Gasteiger partial charge in [0, 0.05) is 5.39 Å². The fourth-order valence-electron chi connectivity index (χ4n) is 5.07. The van der Waals surface area contributed by atoms with E-state index in [2.05, 4.69) is 35.9 Å². The summed E-state index contributed by atoms with van der Waals surface area (Å²) >= 11 is 0. The molecule has 40 heavy (non-hydrogen) atoms. The van der Waals surface area contributed by atoms with E-state index in [-0.39, 0.29) is 24.2 Å². The van der Waals surface area contributed by atoms with Gasteiger partial charge in [-0.05, 0) is 83.9 Å². The average Bonchev–Trinajstić information content (AvgIpc) is 2.94. The van der Waals surface area contributed by atoms with Gasteiger partial charge in [-0.25, -0.2) is 13.2 Å². The predicted octanol–water partition coefficient (Wildman–Crippen LogP) is 9.94. The number of unbranched alkanes of at least 4 members (excludes halogenated alkanes) is 4. The molecule has 0 aromatic heterocycles. The third-order valence-electron chi connectivity index (χ3n) is 7.34. The molecule has 4 aromatic carbocycles. The molecular formula is C34H35F5O. The lowest BCUT2D eigenvalue weighted by molar-refractivity contribution is -0.0546. The third-order valence-corrected chi connectivity index (χ3v) is 7.34. The molecule has 0 radical (unpaired) electrons. The number of ether oxygens (including phenoxy) is 1. The van der Waals surface area contributed by atoms with Crippen molar-refractivity contribution >= 4 is 10.8 Å². The smallest absolute Gasteiger partial charge is 0.387 e. The molecule has 0 fully saturated rings. The van der Waals surface area contributed by atoms with Crippen molar-refractivity contribution in [3.8, 4) is 5.75 Å². The van der Waals surface area contributed by atoms with Crippen LogP contribution in [0.15, 0.2) is 66.7 Å². The van der Waals surface area contributed by atoms with E-state index in [1.807, 2.05) is 18.2 Å². The Kier molecular flexibility index (Phi) is 10.6. The Hall–Kier alpha value is -3.41. The van der Waals surface area contributed by atoms with Crippen molar-refractivity contribution in [3.05, 3.63) is 112 Å². The van der Waals surface area contributed by atoms with Gasteiger partial charge in [0.2, 0.25) is 0 Å². The zero-order chi connectivity index (χ0) is 28.5. The van der Waals surface area contributed by atoms with E-state index in [0.29, 0.717) is 10.9 Å². The summed E-state index contributed by atoms with van der Waals surface area (Å²) in [4.78, 5) is 0. The highest BCUT2D eigenvalue weighted by atomic mass is 19.3. The zero-order valence-electron chi connectivity index (χ0n) is 22.8. The van der Waals surface area contributed by atoms with Crippen molar-refractivity contribution in [2.24, 2.45) is 0 Å². The topological polar surface area (TPSA) is 9.23 Å². The van der Waals surface area contributed by atoms with Gasteiger partial charge in [-0.2, -0.15) is 8.78 Å². The molecule has 0 bridgehead atoms. The van der Waals surface area contributed by atoms with E-state index < -0.39 is 24.0 Å². The summed E-state index contributed by atoms with van der Waals surface area (Å²) in [5, 5.41) is 1.28. The first kappa shape index (κ1) is 29.6. The summed E-state index contributed by atoms with van der Waals surface area (Å²) in [6, 6.07) is 20.0. The standard InChI is InChI=1S/C34H35F5O/c1-2-3-4-5-6-7-23-8-10-24(11-9-23)12-13-25-15-19-29-28(20-25)18-17-27(32(29)37)16-14-26-21-30(35)33(31(36)22-26)40-34(38)39/h8-11,15,17-22,34H,2-7,12-14,16H2,1H3. The number of halogens is 5. The Bertz CT molecular complexity index is 1370. The fraction of sp³-hybridized carbons (Fsp3) is 0.353. The number of fused-ring (bicyclic) bond motifs is 1. The second kappa shape index (κ2) is 14.3. The van der Waals surface area contributed by atoms with Gasteiger partial charge in [-0.15, -0.1) is 0 Å². The zero-order valence-corrected chi connectivity index (χ0v) is 22.8. The molecule has 0 aliphatic carbocycles. The van der Waals surface area contributed by atoms with E-state index in [9.17, 15) is 17.6 Å². The molecule has 0 unspecified atom stereocenters. The van der Waals surface area contributed by atoms with Crippen LogP contribution in [-0.4, -0.2) is 6.61 Å². The summed E-state index contributed by atoms with van der Waals surface area (Å²) in [5.74, 6) is -3.91. The molecule has 4 aromatic rings. The quantitative estimate of drug-likeness (QED) is 0.111. The maximum atomic E-state index is 15.3. The summed E-state index contributed by atoms with van der Waals surface area (Å²) in [6.07, 6.45) is 9.61. The molecule has 0 saturated heterocycles. The van der Waals surface area contributed by atoms with Crippen LogP contribution in [0.2, 0.25) is 0 Å². The Morgan fingerprint density at radius 3 is 1.88 bits per heavy atom. The van der Waals surface area contributed by atoms with Gasteiger partial charge in [0.25, 0.3) is 0 Å². The largest absolute Gasteiger partial charge is 0.429 e. The maximum absolute atomic E-state index is 15.3. The van der Waals surface area contributed by atoms with Gasteiger partial charge >= 0.3 is 6.61 Å². The Labute approximate surface area is 233 Å². The van der Waals surface area contributed by atoms with Gasteiger partial charge < -0.3 is 4.74 Å². The van der Waals surface area contributed by atoms with Gasteiger partial charge in [-0.1, -0.05) is 87.2 Å². The lowest BCUT2D eigenvalue weighted by atomic mass is 9.97. The molecule has 0 saturated carbocycles. The van der Waals surface area contributed by atoms with Gasteiger partial charge in [-0.3, -0.25) is 0 Å². The highest BCUT2D eigenvalue weighted by Gasteiger charge is 2.17. The molecule has 0 heterocycles. The molecule has 4 rings (SSSR count). The normalized spacial score (nSPS) is 11.5. The monoisotopic (exact) mass is 554 g/mol. The molecular weight excluding hydrogens is 519 g/mol. The van der Waals surface area contributed by atoms with Crippen molar-refractivity contribution in [1.82, 2.24) is 0 Å². The van der Waals surface area contributed by atoms with Crippen molar-refractivity contribution in [3.63, 3.8) is 0 Å². The molecule has 212 valence electrons. The number of benzene rings is 4.